The van der Waals surface area contributed by atoms with Crippen LogP contribution in [0.25, 0.3) is 0 Å². The van der Waals surface area contributed by atoms with E-state index in [1.165, 1.54) is 12.3 Å². The predicted molar refractivity (Wildman–Crippen MR) is 88.9 cm³/mol. The fourth-order valence-electron chi connectivity index (χ4n) is 2.99. The van der Waals surface area contributed by atoms with Crippen LogP contribution in [0, 0.1) is 5.41 Å². The van der Waals surface area contributed by atoms with Crippen molar-refractivity contribution in [2.75, 3.05) is 13.2 Å². The zero-order valence-corrected chi connectivity index (χ0v) is 15.2. The summed E-state index contributed by atoms with van der Waals surface area (Å²) < 4.78 is 41.2. The molecule has 1 aliphatic rings. The van der Waals surface area contributed by atoms with Crippen LogP contribution in [0.15, 0.2) is 12.3 Å². The molecule has 0 aromatic carbocycles. The van der Waals surface area contributed by atoms with E-state index >= 15 is 0 Å². The summed E-state index contributed by atoms with van der Waals surface area (Å²) in [6, 6.07) is 1.46. The molecule has 2 heterocycles. The van der Waals surface area contributed by atoms with Crippen LogP contribution in [0.3, 0.4) is 0 Å². The summed E-state index contributed by atoms with van der Waals surface area (Å²) in [6.07, 6.45) is -0.508. The molecule has 1 saturated heterocycles. The SMILES string of the molecule is CC(C)(C)CC1CCCN1C(=O)c1cnc(OCC(F)(F)F)c(Cl)c1. The maximum atomic E-state index is 12.7. The number of hydrogen-bond acceptors (Lipinski definition) is 3. The van der Waals surface area contributed by atoms with Gasteiger partial charge in [0.15, 0.2) is 6.61 Å². The van der Waals surface area contributed by atoms with E-state index in [1.807, 2.05) is 0 Å². The summed E-state index contributed by atoms with van der Waals surface area (Å²) in [5.41, 5.74) is 0.351. The van der Waals surface area contributed by atoms with Gasteiger partial charge in [-0.2, -0.15) is 13.2 Å². The number of rotatable bonds is 4. The number of nitrogens with zero attached hydrogens (tertiary/aromatic N) is 2. The van der Waals surface area contributed by atoms with Crippen LogP contribution >= 0.6 is 11.6 Å². The molecule has 0 N–H and O–H groups in total. The Hall–Kier alpha value is -1.50. The first-order chi connectivity index (χ1) is 11.5. The van der Waals surface area contributed by atoms with E-state index in [1.54, 1.807) is 4.90 Å². The normalized spacial score (nSPS) is 18.5. The Morgan fingerprint density at radius 2 is 2.08 bits per heavy atom. The Bertz CT molecular complexity index is 629. The Kier molecular flexibility index (Phi) is 5.86. The fraction of sp³-hybridized carbons (Fsp3) is 0.647. The lowest BCUT2D eigenvalue weighted by Crippen LogP contribution is -2.37. The molecule has 140 valence electrons. The summed E-state index contributed by atoms with van der Waals surface area (Å²) in [5.74, 6) is -0.535. The number of likely N-dealkylation sites (tertiary alicyclic amines) is 1. The molecule has 25 heavy (non-hydrogen) atoms. The van der Waals surface area contributed by atoms with Gasteiger partial charge in [-0.25, -0.2) is 4.98 Å². The standard InChI is InChI=1S/C17H22ClF3N2O2/c1-16(2,3)8-12-5-4-6-23(12)15(24)11-7-13(18)14(22-9-11)25-10-17(19,20)21/h7,9,12H,4-6,8,10H2,1-3H3. The lowest BCUT2D eigenvalue weighted by Gasteiger charge is -2.30. The highest BCUT2D eigenvalue weighted by Gasteiger charge is 2.33. The van der Waals surface area contributed by atoms with Gasteiger partial charge in [0.05, 0.1) is 5.56 Å². The summed E-state index contributed by atoms with van der Waals surface area (Å²) in [4.78, 5) is 18.3. The minimum atomic E-state index is -4.48. The van der Waals surface area contributed by atoms with Crippen LogP contribution in [-0.2, 0) is 0 Å². The van der Waals surface area contributed by atoms with Crippen LogP contribution in [0.1, 0.15) is 50.4 Å². The lowest BCUT2D eigenvalue weighted by molar-refractivity contribution is -0.154. The smallest absolute Gasteiger partial charge is 0.422 e. The highest BCUT2D eigenvalue weighted by atomic mass is 35.5. The average Bonchev–Trinajstić information content (AvgIpc) is 2.90. The van der Waals surface area contributed by atoms with Gasteiger partial charge in [-0.05, 0) is 30.7 Å². The summed E-state index contributed by atoms with van der Waals surface area (Å²) in [5, 5.41) is -0.110. The second-order valence-corrected chi connectivity index (χ2v) is 7.88. The molecule has 0 radical (unpaired) electrons. The maximum Gasteiger partial charge on any atom is 0.422 e. The number of alkyl halides is 3. The van der Waals surface area contributed by atoms with E-state index in [-0.39, 0.29) is 33.8 Å². The Labute approximate surface area is 150 Å². The third kappa shape index (κ3) is 5.76. The van der Waals surface area contributed by atoms with Crippen molar-refractivity contribution in [3.63, 3.8) is 0 Å². The van der Waals surface area contributed by atoms with Crippen LogP contribution < -0.4 is 4.74 Å². The number of aromatic nitrogens is 1. The fourth-order valence-corrected chi connectivity index (χ4v) is 3.21. The van der Waals surface area contributed by atoms with E-state index < -0.39 is 12.8 Å². The number of carbonyl (C=O) groups excluding carboxylic acids is 1. The Morgan fingerprint density at radius 3 is 2.64 bits per heavy atom. The van der Waals surface area contributed by atoms with Crippen LogP contribution in [0.2, 0.25) is 5.02 Å². The van der Waals surface area contributed by atoms with E-state index in [0.29, 0.717) is 6.54 Å². The molecule has 1 fully saturated rings. The highest BCUT2D eigenvalue weighted by molar-refractivity contribution is 6.32. The Balaban J connectivity index is 2.10. The third-order valence-corrected chi connectivity index (χ3v) is 4.18. The van der Waals surface area contributed by atoms with Crippen LogP contribution in [-0.4, -0.2) is 41.2 Å². The zero-order chi connectivity index (χ0) is 18.8. The maximum absolute atomic E-state index is 12.7. The highest BCUT2D eigenvalue weighted by Crippen LogP contribution is 2.32. The summed E-state index contributed by atoms with van der Waals surface area (Å²) >= 11 is 5.93. The molecule has 1 aromatic heterocycles. The summed E-state index contributed by atoms with van der Waals surface area (Å²) in [6.45, 7) is 5.55. The minimum Gasteiger partial charge on any atom is -0.467 e. The molecule has 1 unspecified atom stereocenters. The second kappa shape index (κ2) is 7.40. The third-order valence-electron chi connectivity index (χ3n) is 3.91. The van der Waals surface area contributed by atoms with Crippen LogP contribution in [0.5, 0.6) is 5.88 Å². The van der Waals surface area contributed by atoms with Gasteiger partial charge in [0.2, 0.25) is 5.88 Å². The topological polar surface area (TPSA) is 42.4 Å². The number of hydrogen-bond donors (Lipinski definition) is 0. The average molecular weight is 379 g/mol. The molecule has 1 aliphatic heterocycles. The van der Waals surface area contributed by atoms with Crippen molar-refractivity contribution in [3.8, 4) is 5.88 Å². The lowest BCUT2D eigenvalue weighted by atomic mass is 9.87. The van der Waals surface area contributed by atoms with E-state index in [2.05, 4.69) is 30.5 Å². The van der Waals surface area contributed by atoms with Gasteiger partial charge in [0.25, 0.3) is 5.91 Å². The Morgan fingerprint density at radius 1 is 1.40 bits per heavy atom. The molecule has 1 amide bonds. The zero-order valence-electron chi connectivity index (χ0n) is 14.5. The van der Waals surface area contributed by atoms with Gasteiger partial charge in [-0.1, -0.05) is 32.4 Å². The molecule has 8 heteroatoms. The molecule has 0 spiro atoms. The molecular weight excluding hydrogens is 357 g/mol. The quantitative estimate of drug-likeness (QED) is 0.761. The molecule has 4 nitrogen and oxygen atoms in total. The number of ether oxygens (including phenoxy) is 1. The first kappa shape index (κ1) is 19.8. The minimum absolute atomic E-state index is 0.0960. The van der Waals surface area contributed by atoms with Crippen molar-refractivity contribution in [1.82, 2.24) is 9.88 Å². The van der Waals surface area contributed by atoms with Crippen molar-refractivity contribution in [3.05, 3.63) is 22.8 Å². The molecular formula is C17H22ClF3N2O2. The molecule has 0 saturated carbocycles. The number of halogens is 4. The number of carbonyl (C=O) groups is 1. The molecule has 0 aliphatic carbocycles. The molecule has 1 atom stereocenters. The van der Waals surface area contributed by atoms with Gasteiger partial charge < -0.3 is 9.64 Å². The predicted octanol–water partition coefficient (Wildman–Crippen LogP) is 4.72. The van der Waals surface area contributed by atoms with Crippen molar-refractivity contribution in [2.24, 2.45) is 5.41 Å². The van der Waals surface area contributed by atoms with Crippen molar-refractivity contribution in [1.29, 1.82) is 0 Å². The number of pyridine rings is 1. The van der Waals surface area contributed by atoms with Gasteiger partial charge in [-0.15, -0.1) is 0 Å². The van der Waals surface area contributed by atoms with Gasteiger partial charge >= 0.3 is 6.18 Å². The van der Waals surface area contributed by atoms with E-state index in [4.69, 9.17) is 11.6 Å². The first-order valence-electron chi connectivity index (χ1n) is 8.12. The molecule has 2 rings (SSSR count). The van der Waals surface area contributed by atoms with Gasteiger partial charge in [0.1, 0.15) is 5.02 Å². The monoisotopic (exact) mass is 378 g/mol. The largest absolute Gasteiger partial charge is 0.467 e. The number of amides is 1. The van der Waals surface area contributed by atoms with Crippen molar-refractivity contribution < 1.29 is 22.7 Å². The van der Waals surface area contributed by atoms with Crippen LogP contribution in [0.4, 0.5) is 13.2 Å². The van der Waals surface area contributed by atoms with E-state index in [9.17, 15) is 18.0 Å². The second-order valence-electron chi connectivity index (χ2n) is 7.47. The van der Waals surface area contributed by atoms with Crippen molar-refractivity contribution >= 4 is 17.5 Å². The summed E-state index contributed by atoms with van der Waals surface area (Å²) in [7, 11) is 0. The molecule has 0 bridgehead atoms. The first-order valence-corrected chi connectivity index (χ1v) is 8.50. The van der Waals surface area contributed by atoms with Crippen molar-refractivity contribution in [2.45, 2.75) is 52.3 Å². The molecule has 1 aromatic rings. The van der Waals surface area contributed by atoms with Gasteiger partial charge in [-0.3, -0.25) is 4.79 Å². The van der Waals surface area contributed by atoms with Gasteiger partial charge in [0, 0.05) is 18.8 Å². The van der Waals surface area contributed by atoms with E-state index in [0.717, 1.165) is 19.3 Å².